The van der Waals surface area contributed by atoms with E-state index < -0.39 is 0 Å². The van der Waals surface area contributed by atoms with Crippen molar-refractivity contribution in [3.63, 3.8) is 0 Å². The van der Waals surface area contributed by atoms with Crippen molar-refractivity contribution >= 4 is 17.4 Å². The van der Waals surface area contributed by atoms with E-state index in [0.29, 0.717) is 11.4 Å². The van der Waals surface area contributed by atoms with E-state index in [0.717, 1.165) is 0 Å². The standard InChI is InChI=1S/C9H9N5O2/c10-5-3-6(11-4-5)9(16)12-7-1-2-8(15)14-13-7/h1-4,11H,10H2,(H,14,15)(H,12,13,16). The molecule has 5 N–H and O–H groups in total. The van der Waals surface area contributed by atoms with Crippen LogP contribution in [0.1, 0.15) is 10.5 Å². The number of carbonyl (C=O) groups is 1. The monoisotopic (exact) mass is 219 g/mol. The summed E-state index contributed by atoms with van der Waals surface area (Å²) in [6.45, 7) is 0. The second-order valence-electron chi connectivity index (χ2n) is 3.11. The molecule has 0 fully saturated rings. The fourth-order valence-corrected chi connectivity index (χ4v) is 1.14. The zero-order valence-electron chi connectivity index (χ0n) is 8.15. The number of nitrogen functional groups attached to an aromatic ring is 1. The van der Waals surface area contributed by atoms with Crippen molar-refractivity contribution in [3.05, 3.63) is 40.4 Å². The Morgan fingerprint density at radius 2 is 2.25 bits per heavy atom. The third-order valence-electron chi connectivity index (χ3n) is 1.87. The van der Waals surface area contributed by atoms with Crippen LogP contribution in [0.5, 0.6) is 0 Å². The van der Waals surface area contributed by atoms with Crippen molar-refractivity contribution in [2.24, 2.45) is 0 Å². The molecule has 2 aromatic heterocycles. The molecule has 0 aromatic carbocycles. The summed E-state index contributed by atoms with van der Waals surface area (Å²) in [5, 5.41) is 8.33. The highest BCUT2D eigenvalue weighted by atomic mass is 16.2. The summed E-state index contributed by atoms with van der Waals surface area (Å²) in [6.07, 6.45) is 1.51. The van der Waals surface area contributed by atoms with Crippen LogP contribution in [-0.4, -0.2) is 21.1 Å². The molecule has 0 atom stereocenters. The summed E-state index contributed by atoms with van der Waals surface area (Å²) in [5.41, 5.74) is 5.92. The molecule has 1 amide bonds. The fourth-order valence-electron chi connectivity index (χ4n) is 1.14. The van der Waals surface area contributed by atoms with Gasteiger partial charge in [0.2, 0.25) is 0 Å². The van der Waals surface area contributed by atoms with E-state index in [1.54, 1.807) is 0 Å². The first kappa shape index (κ1) is 9.97. The second-order valence-corrected chi connectivity index (χ2v) is 3.11. The molecule has 2 rings (SSSR count). The van der Waals surface area contributed by atoms with E-state index >= 15 is 0 Å². The van der Waals surface area contributed by atoms with Crippen LogP contribution in [0.25, 0.3) is 0 Å². The molecule has 2 heterocycles. The van der Waals surface area contributed by atoms with Crippen LogP contribution < -0.4 is 16.6 Å². The molecule has 16 heavy (non-hydrogen) atoms. The van der Waals surface area contributed by atoms with Gasteiger partial charge in [-0.05, 0) is 12.1 Å². The van der Waals surface area contributed by atoms with Gasteiger partial charge in [-0.15, -0.1) is 0 Å². The number of nitrogens with one attached hydrogen (secondary N) is 3. The molecule has 0 unspecified atom stereocenters. The number of anilines is 2. The maximum atomic E-state index is 11.6. The van der Waals surface area contributed by atoms with Crippen LogP contribution in [-0.2, 0) is 0 Å². The summed E-state index contributed by atoms with van der Waals surface area (Å²) in [4.78, 5) is 25.0. The van der Waals surface area contributed by atoms with Gasteiger partial charge in [-0.1, -0.05) is 0 Å². The van der Waals surface area contributed by atoms with Gasteiger partial charge >= 0.3 is 0 Å². The lowest BCUT2D eigenvalue weighted by Gasteiger charge is -2.00. The van der Waals surface area contributed by atoms with E-state index in [9.17, 15) is 9.59 Å². The summed E-state index contributed by atoms with van der Waals surface area (Å²) >= 11 is 0. The van der Waals surface area contributed by atoms with Crippen molar-refractivity contribution in [2.75, 3.05) is 11.1 Å². The van der Waals surface area contributed by atoms with Crippen molar-refractivity contribution in [3.8, 4) is 0 Å². The summed E-state index contributed by atoms with van der Waals surface area (Å²) in [5.74, 6) is -0.117. The Bertz CT molecular complexity index is 551. The zero-order chi connectivity index (χ0) is 11.5. The van der Waals surface area contributed by atoms with Gasteiger partial charge in [0.05, 0.1) is 0 Å². The minimum absolute atomic E-state index is 0.262. The van der Waals surface area contributed by atoms with Crippen LogP contribution in [0.4, 0.5) is 11.5 Å². The number of nitrogens with zero attached hydrogens (tertiary/aromatic N) is 1. The van der Waals surface area contributed by atoms with E-state index in [4.69, 9.17) is 5.73 Å². The number of H-pyrrole nitrogens is 2. The number of aromatic nitrogens is 3. The smallest absolute Gasteiger partial charge is 0.273 e. The van der Waals surface area contributed by atoms with Crippen molar-refractivity contribution in [1.82, 2.24) is 15.2 Å². The Morgan fingerprint density at radius 1 is 1.44 bits per heavy atom. The Morgan fingerprint density at radius 3 is 2.81 bits per heavy atom. The lowest BCUT2D eigenvalue weighted by Crippen LogP contribution is -2.15. The van der Waals surface area contributed by atoms with Crippen LogP contribution in [0.2, 0.25) is 0 Å². The fraction of sp³-hybridized carbons (Fsp3) is 0. The predicted molar refractivity (Wildman–Crippen MR) is 58.0 cm³/mol. The Balaban J connectivity index is 2.13. The molecule has 7 nitrogen and oxygen atoms in total. The van der Waals surface area contributed by atoms with Gasteiger partial charge in [-0.2, -0.15) is 5.10 Å². The highest BCUT2D eigenvalue weighted by Gasteiger charge is 2.08. The molecule has 0 saturated heterocycles. The quantitative estimate of drug-likeness (QED) is 0.565. The molecule has 0 spiro atoms. The van der Waals surface area contributed by atoms with Crippen LogP contribution in [0.3, 0.4) is 0 Å². The van der Waals surface area contributed by atoms with Gasteiger partial charge in [0.25, 0.3) is 11.5 Å². The maximum absolute atomic E-state index is 11.6. The minimum Gasteiger partial charge on any atom is -0.397 e. The van der Waals surface area contributed by atoms with Crippen molar-refractivity contribution in [2.45, 2.75) is 0 Å². The molecular weight excluding hydrogens is 210 g/mol. The maximum Gasteiger partial charge on any atom is 0.273 e. The Hall–Kier alpha value is -2.57. The van der Waals surface area contributed by atoms with Crippen LogP contribution in [0, 0.1) is 0 Å². The minimum atomic E-state index is -0.378. The average molecular weight is 219 g/mol. The largest absolute Gasteiger partial charge is 0.397 e. The van der Waals surface area contributed by atoms with Crippen LogP contribution in [0.15, 0.2) is 29.2 Å². The summed E-state index contributed by atoms with van der Waals surface area (Å²) in [7, 11) is 0. The number of hydrogen-bond acceptors (Lipinski definition) is 4. The van der Waals surface area contributed by atoms with Crippen molar-refractivity contribution in [1.29, 1.82) is 0 Å². The molecule has 0 bridgehead atoms. The van der Waals surface area contributed by atoms with Crippen LogP contribution >= 0.6 is 0 Å². The molecule has 0 saturated carbocycles. The predicted octanol–water partition coefficient (Wildman–Crippen LogP) is -0.0675. The van der Waals surface area contributed by atoms with Gasteiger partial charge in [0.1, 0.15) is 5.69 Å². The molecule has 82 valence electrons. The first-order valence-electron chi connectivity index (χ1n) is 4.46. The van der Waals surface area contributed by atoms with E-state index in [2.05, 4.69) is 20.5 Å². The number of nitrogens with two attached hydrogens (primary N) is 1. The normalized spacial score (nSPS) is 10.0. The average Bonchev–Trinajstić information content (AvgIpc) is 2.68. The number of hydrogen-bond donors (Lipinski definition) is 4. The van der Waals surface area contributed by atoms with Gasteiger partial charge in [-0.3, -0.25) is 9.59 Å². The topological polar surface area (TPSA) is 117 Å². The molecule has 0 radical (unpaired) electrons. The SMILES string of the molecule is Nc1c[nH]c(C(=O)Nc2ccc(=O)[nH]n2)c1. The zero-order valence-corrected chi connectivity index (χ0v) is 8.15. The van der Waals surface area contributed by atoms with Gasteiger partial charge in [0, 0.05) is 18.0 Å². The number of aromatic amines is 2. The molecule has 0 aliphatic carbocycles. The number of amides is 1. The molecule has 0 aliphatic heterocycles. The molecular formula is C9H9N5O2. The first-order chi connectivity index (χ1) is 7.65. The highest BCUT2D eigenvalue weighted by Crippen LogP contribution is 2.06. The second kappa shape index (κ2) is 3.89. The first-order valence-corrected chi connectivity index (χ1v) is 4.46. The molecule has 0 aliphatic rings. The van der Waals surface area contributed by atoms with Crippen molar-refractivity contribution < 1.29 is 4.79 Å². The summed E-state index contributed by atoms with van der Waals surface area (Å²) in [6, 6.07) is 4.18. The van der Waals surface area contributed by atoms with Gasteiger partial charge < -0.3 is 16.0 Å². The molecule has 2 aromatic rings. The Labute approximate surface area is 89.7 Å². The molecule has 7 heteroatoms. The lowest BCUT2D eigenvalue weighted by atomic mass is 10.4. The highest BCUT2D eigenvalue weighted by molar-refractivity contribution is 6.02. The number of rotatable bonds is 2. The van der Waals surface area contributed by atoms with E-state index in [1.165, 1.54) is 24.4 Å². The lowest BCUT2D eigenvalue weighted by molar-refractivity contribution is 0.102. The third-order valence-corrected chi connectivity index (χ3v) is 1.87. The van der Waals surface area contributed by atoms with Gasteiger partial charge in [0.15, 0.2) is 5.82 Å². The van der Waals surface area contributed by atoms with Gasteiger partial charge in [-0.25, -0.2) is 5.10 Å². The summed E-state index contributed by atoms with van der Waals surface area (Å²) < 4.78 is 0. The third kappa shape index (κ3) is 2.08. The van der Waals surface area contributed by atoms with E-state index in [-0.39, 0.29) is 17.3 Å². The Kier molecular flexibility index (Phi) is 2.42. The number of carbonyl (C=O) groups excluding carboxylic acids is 1. The van der Waals surface area contributed by atoms with E-state index in [1.807, 2.05) is 0 Å².